The Labute approximate surface area is 136 Å². The summed E-state index contributed by atoms with van der Waals surface area (Å²) >= 11 is 0. The van der Waals surface area contributed by atoms with Gasteiger partial charge in [-0.05, 0) is 25.8 Å². The summed E-state index contributed by atoms with van der Waals surface area (Å²) in [6.45, 7) is 2.47. The van der Waals surface area contributed by atoms with Gasteiger partial charge in [0.25, 0.3) is 0 Å². The van der Waals surface area contributed by atoms with Crippen molar-refractivity contribution in [2.45, 2.75) is 51.6 Å². The normalized spacial score (nSPS) is 16.5. The lowest BCUT2D eigenvalue weighted by Gasteiger charge is -2.23. The lowest BCUT2D eigenvalue weighted by molar-refractivity contribution is 0.412. The van der Waals surface area contributed by atoms with Crippen LogP contribution in [0.2, 0.25) is 0 Å². The Hall–Kier alpha value is -2.37. The molecule has 1 aliphatic carbocycles. The van der Waals surface area contributed by atoms with Gasteiger partial charge in [0.2, 0.25) is 0 Å². The van der Waals surface area contributed by atoms with Crippen LogP contribution in [-0.4, -0.2) is 26.5 Å². The van der Waals surface area contributed by atoms with Gasteiger partial charge in [-0.2, -0.15) is 0 Å². The third-order valence-corrected chi connectivity index (χ3v) is 4.30. The number of nitrogens with zero attached hydrogens (tertiary/aromatic N) is 4. The minimum Gasteiger partial charge on any atom is -0.370 e. The molecular weight excluding hydrogens is 288 g/mol. The Kier molecular flexibility index (Phi) is 4.90. The molecule has 0 spiro atoms. The number of rotatable bonds is 4. The highest BCUT2D eigenvalue weighted by atomic mass is 15.1. The molecule has 1 fully saturated rings. The molecule has 2 heterocycles. The maximum absolute atomic E-state index is 6.05. The molecule has 2 aromatic rings. The Morgan fingerprint density at radius 1 is 1.30 bits per heavy atom. The highest BCUT2D eigenvalue weighted by Gasteiger charge is 2.13. The van der Waals surface area contributed by atoms with Crippen LogP contribution in [0.25, 0.3) is 5.82 Å². The van der Waals surface area contributed by atoms with Gasteiger partial charge in [-0.1, -0.05) is 25.3 Å². The fraction of sp³-hybridized carbons (Fsp3) is 0.471. The van der Waals surface area contributed by atoms with Gasteiger partial charge in [0, 0.05) is 30.2 Å². The number of nitrogens with two attached hydrogens (primary N) is 1. The van der Waals surface area contributed by atoms with E-state index < -0.39 is 0 Å². The monoisotopic (exact) mass is 312 g/mol. The van der Waals surface area contributed by atoms with Crippen molar-refractivity contribution in [1.82, 2.24) is 19.9 Å². The topological polar surface area (TPSA) is 81.1 Å². The molecule has 0 saturated heterocycles. The molecule has 0 atom stereocenters. The summed E-state index contributed by atoms with van der Waals surface area (Å²) in [5.41, 5.74) is 7.08. The quantitative estimate of drug-likeness (QED) is 0.670. The van der Waals surface area contributed by atoms with Crippen molar-refractivity contribution >= 4 is 5.96 Å². The van der Waals surface area contributed by atoms with Gasteiger partial charge < -0.3 is 11.1 Å². The van der Waals surface area contributed by atoms with Gasteiger partial charge in [-0.15, -0.1) is 0 Å². The van der Waals surface area contributed by atoms with Crippen LogP contribution in [0.1, 0.15) is 43.5 Å². The smallest absolute Gasteiger partial charge is 0.189 e. The van der Waals surface area contributed by atoms with Crippen LogP contribution in [0.4, 0.5) is 0 Å². The van der Waals surface area contributed by atoms with Gasteiger partial charge in [0.05, 0.1) is 6.54 Å². The van der Waals surface area contributed by atoms with Crippen LogP contribution in [0, 0.1) is 6.92 Å². The molecular formula is C17H24N6. The van der Waals surface area contributed by atoms with Crippen LogP contribution in [-0.2, 0) is 6.54 Å². The van der Waals surface area contributed by atoms with E-state index in [4.69, 9.17) is 5.73 Å². The van der Waals surface area contributed by atoms with Crippen LogP contribution < -0.4 is 11.1 Å². The van der Waals surface area contributed by atoms with Crippen molar-refractivity contribution in [3.8, 4) is 5.82 Å². The van der Waals surface area contributed by atoms with Crippen molar-refractivity contribution in [3.05, 3.63) is 42.1 Å². The molecule has 0 amide bonds. The average molecular weight is 312 g/mol. The van der Waals surface area contributed by atoms with Crippen LogP contribution in [0.5, 0.6) is 0 Å². The van der Waals surface area contributed by atoms with E-state index >= 15 is 0 Å². The third kappa shape index (κ3) is 3.88. The molecule has 1 aliphatic rings. The first-order chi connectivity index (χ1) is 11.2. The SMILES string of the molecule is Cc1nccn1-c1ncccc1CN=C(N)NC1CCCCC1. The molecule has 122 valence electrons. The molecule has 0 radical (unpaired) electrons. The zero-order chi connectivity index (χ0) is 16.1. The van der Waals surface area contributed by atoms with Gasteiger partial charge in [0.15, 0.2) is 5.96 Å². The second kappa shape index (κ2) is 7.26. The van der Waals surface area contributed by atoms with Crippen LogP contribution in [0.15, 0.2) is 35.7 Å². The molecule has 3 N–H and O–H groups in total. The third-order valence-electron chi connectivity index (χ3n) is 4.30. The number of hydrogen-bond donors (Lipinski definition) is 2. The number of aromatic nitrogens is 3. The van der Waals surface area contributed by atoms with Crippen molar-refractivity contribution in [2.24, 2.45) is 10.7 Å². The summed E-state index contributed by atoms with van der Waals surface area (Å²) in [6.07, 6.45) is 11.7. The van der Waals surface area contributed by atoms with Crippen LogP contribution >= 0.6 is 0 Å². The first-order valence-corrected chi connectivity index (χ1v) is 8.24. The van der Waals surface area contributed by atoms with Crippen molar-refractivity contribution < 1.29 is 0 Å². The minimum atomic E-state index is 0.469. The average Bonchev–Trinajstić information content (AvgIpc) is 3.00. The highest BCUT2D eigenvalue weighted by molar-refractivity contribution is 5.78. The summed E-state index contributed by atoms with van der Waals surface area (Å²) in [4.78, 5) is 13.2. The standard InChI is InChI=1S/C17H24N6/c1-13-19-10-11-23(13)16-14(6-5-9-20-16)12-21-17(18)22-15-7-3-2-4-8-15/h5-6,9-11,15H,2-4,7-8,12H2,1H3,(H3,18,21,22). The number of imidazole rings is 1. The van der Waals surface area contributed by atoms with E-state index in [2.05, 4.69) is 20.3 Å². The summed E-state index contributed by atoms with van der Waals surface area (Å²) < 4.78 is 1.97. The van der Waals surface area contributed by atoms with Crippen molar-refractivity contribution in [1.29, 1.82) is 0 Å². The van der Waals surface area contributed by atoms with Gasteiger partial charge >= 0.3 is 0 Å². The molecule has 23 heavy (non-hydrogen) atoms. The van der Waals surface area contributed by atoms with Crippen molar-refractivity contribution in [3.63, 3.8) is 0 Å². The van der Waals surface area contributed by atoms with Gasteiger partial charge in [-0.25, -0.2) is 15.0 Å². The molecule has 6 heteroatoms. The minimum absolute atomic E-state index is 0.469. The van der Waals surface area contributed by atoms with E-state index in [1.807, 2.05) is 29.8 Å². The fourth-order valence-electron chi connectivity index (χ4n) is 3.04. The molecule has 3 rings (SSSR count). The number of nitrogens with one attached hydrogen (secondary N) is 1. The van der Waals surface area contributed by atoms with E-state index in [1.54, 1.807) is 12.4 Å². The summed E-state index contributed by atoms with van der Waals surface area (Å²) in [6, 6.07) is 4.42. The number of aryl methyl sites for hydroxylation is 1. The molecule has 0 unspecified atom stereocenters. The largest absolute Gasteiger partial charge is 0.370 e. The van der Waals surface area contributed by atoms with Crippen molar-refractivity contribution in [2.75, 3.05) is 0 Å². The molecule has 6 nitrogen and oxygen atoms in total. The Morgan fingerprint density at radius 3 is 2.87 bits per heavy atom. The Balaban J connectivity index is 1.70. The molecule has 0 aromatic carbocycles. The maximum atomic E-state index is 6.05. The van der Waals surface area contributed by atoms with Gasteiger partial charge in [-0.3, -0.25) is 4.57 Å². The van der Waals surface area contributed by atoms with E-state index in [1.165, 1.54) is 32.1 Å². The zero-order valence-electron chi connectivity index (χ0n) is 13.6. The molecule has 1 saturated carbocycles. The number of pyridine rings is 1. The highest BCUT2D eigenvalue weighted by Crippen LogP contribution is 2.17. The first kappa shape index (κ1) is 15.5. The van der Waals surface area contributed by atoms with E-state index in [-0.39, 0.29) is 0 Å². The second-order valence-electron chi connectivity index (χ2n) is 6.01. The predicted octanol–water partition coefficient (Wildman–Crippen LogP) is 2.31. The lowest BCUT2D eigenvalue weighted by atomic mass is 9.96. The first-order valence-electron chi connectivity index (χ1n) is 8.24. The number of aliphatic imine (C=N–C) groups is 1. The van der Waals surface area contributed by atoms with E-state index in [0.29, 0.717) is 18.5 Å². The summed E-state index contributed by atoms with van der Waals surface area (Å²) in [7, 11) is 0. The van der Waals surface area contributed by atoms with Crippen LogP contribution in [0.3, 0.4) is 0 Å². The second-order valence-corrected chi connectivity index (χ2v) is 6.01. The Bertz CT molecular complexity index is 669. The van der Waals surface area contributed by atoms with E-state index in [9.17, 15) is 0 Å². The summed E-state index contributed by atoms with van der Waals surface area (Å²) in [5.74, 6) is 2.29. The molecule has 0 aliphatic heterocycles. The number of hydrogen-bond acceptors (Lipinski definition) is 3. The number of guanidine groups is 1. The molecule has 0 bridgehead atoms. The molecule has 2 aromatic heterocycles. The summed E-state index contributed by atoms with van der Waals surface area (Å²) in [5, 5.41) is 3.34. The zero-order valence-corrected chi connectivity index (χ0v) is 13.6. The fourth-order valence-corrected chi connectivity index (χ4v) is 3.04. The predicted molar refractivity (Wildman–Crippen MR) is 91.4 cm³/mol. The Morgan fingerprint density at radius 2 is 2.13 bits per heavy atom. The maximum Gasteiger partial charge on any atom is 0.189 e. The van der Waals surface area contributed by atoms with Gasteiger partial charge in [0.1, 0.15) is 11.6 Å². The lowest BCUT2D eigenvalue weighted by Crippen LogP contribution is -2.41. The van der Waals surface area contributed by atoms with E-state index in [0.717, 1.165) is 17.2 Å².